The van der Waals surface area contributed by atoms with E-state index >= 15 is 0 Å². The number of carbonyl (C=O) groups excluding carboxylic acids is 2. The molecule has 2 N–H and O–H groups in total. The average molecular weight is 411 g/mol. The van der Waals surface area contributed by atoms with Gasteiger partial charge in [-0.1, -0.05) is 44.1 Å². The molecule has 1 saturated heterocycles. The van der Waals surface area contributed by atoms with Gasteiger partial charge >= 0.3 is 0 Å². The lowest BCUT2D eigenvalue weighted by Crippen LogP contribution is -2.28. The van der Waals surface area contributed by atoms with E-state index in [0.717, 1.165) is 5.71 Å². The Labute approximate surface area is 168 Å². The molecule has 27 heavy (non-hydrogen) atoms. The van der Waals surface area contributed by atoms with Crippen LogP contribution in [0.1, 0.15) is 34.1 Å². The van der Waals surface area contributed by atoms with Gasteiger partial charge in [-0.2, -0.15) is 5.10 Å². The second kappa shape index (κ2) is 8.75. The normalized spacial score (nSPS) is 19.2. The molecule has 0 bridgehead atoms. The molecule has 1 aliphatic rings. The molecular weight excluding hydrogens is 388 g/mol. The van der Waals surface area contributed by atoms with Crippen molar-refractivity contribution in [1.29, 1.82) is 0 Å². The van der Waals surface area contributed by atoms with Crippen molar-refractivity contribution in [1.82, 2.24) is 5.32 Å². The Kier molecular flexibility index (Phi) is 6.89. The van der Waals surface area contributed by atoms with Gasteiger partial charge in [0.15, 0.2) is 5.17 Å². The zero-order valence-corrected chi connectivity index (χ0v) is 17.5. The lowest BCUT2D eigenvalue weighted by molar-refractivity contribution is -0.122. The van der Waals surface area contributed by atoms with Gasteiger partial charge in [0.2, 0.25) is 11.8 Å². The molecule has 1 fully saturated rings. The van der Waals surface area contributed by atoms with Gasteiger partial charge in [-0.3, -0.25) is 9.59 Å². The minimum Gasteiger partial charge on any atom is -0.495 e. The molecule has 0 aliphatic carbocycles. The minimum absolute atomic E-state index is 0.00679. The number of ether oxygens (including phenoxy) is 1. The summed E-state index contributed by atoms with van der Waals surface area (Å²) >= 11 is 7.15. The number of nitrogens with one attached hydrogen (secondary N) is 2. The molecule has 9 heteroatoms. The fraction of sp³-hybridized carbons (Fsp3) is 0.444. The summed E-state index contributed by atoms with van der Waals surface area (Å²) in [5.74, 6) is -0.0973. The third kappa shape index (κ3) is 5.97. The van der Waals surface area contributed by atoms with Crippen molar-refractivity contribution in [3.63, 3.8) is 0 Å². The summed E-state index contributed by atoms with van der Waals surface area (Å²) < 4.78 is 5.20. The highest BCUT2D eigenvalue weighted by molar-refractivity contribution is 8.15. The van der Waals surface area contributed by atoms with Gasteiger partial charge in [-0.15, -0.1) is 5.10 Å². The third-order valence-electron chi connectivity index (χ3n) is 3.96. The third-order valence-corrected chi connectivity index (χ3v) is 5.27. The van der Waals surface area contributed by atoms with Gasteiger partial charge < -0.3 is 15.4 Å². The van der Waals surface area contributed by atoms with Gasteiger partial charge in [0.05, 0.1) is 12.8 Å². The highest BCUT2D eigenvalue weighted by Gasteiger charge is 2.32. The Morgan fingerprint density at radius 2 is 2.11 bits per heavy atom. The van der Waals surface area contributed by atoms with Crippen molar-refractivity contribution >= 4 is 51.7 Å². The molecule has 0 aromatic heterocycles. The lowest BCUT2D eigenvalue weighted by atomic mass is 9.91. The van der Waals surface area contributed by atoms with Crippen molar-refractivity contribution in [2.45, 2.75) is 39.4 Å². The summed E-state index contributed by atoms with van der Waals surface area (Å²) in [5.41, 5.74) is 1.20. The Morgan fingerprint density at radius 1 is 1.41 bits per heavy atom. The molecular formula is C18H23ClN4O3S. The number of nitrogens with zero attached hydrogens (tertiary/aromatic N) is 2. The molecule has 0 radical (unpaired) electrons. The van der Waals surface area contributed by atoms with Crippen LogP contribution >= 0.6 is 23.4 Å². The number of amidine groups is 1. The van der Waals surface area contributed by atoms with Crippen LogP contribution < -0.4 is 15.4 Å². The number of methoxy groups -OCH3 is 1. The first kappa shape index (κ1) is 21.2. The molecule has 2 rings (SSSR count). The second-order valence-electron chi connectivity index (χ2n) is 7.03. The summed E-state index contributed by atoms with van der Waals surface area (Å²) in [4.78, 5) is 24.4. The van der Waals surface area contributed by atoms with Crippen molar-refractivity contribution < 1.29 is 14.3 Å². The van der Waals surface area contributed by atoms with Crippen LogP contribution in [0.2, 0.25) is 5.02 Å². The van der Waals surface area contributed by atoms with E-state index in [1.807, 2.05) is 27.7 Å². The van der Waals surface area contributed by atoms with Crippen molar-refractivity contribution in [3.8, 4) is 5.75 Å². The fourth-order valence-corrected chi connectivity index (χ4v) is 3.09. The van der Waals surface area contributed by atoms with E-state index in [9.17, 15) is 9.59 Å². The quantitative estimate of drug-likeness (QED) is 0.572. The Morgan fingerprint density at radius 3 is 2.74 bits per heavy atom. The van der Waals surface area contributed by atoms with Crippen LogP contribution in [-0.4, -0.2) is 35.1 Å². The molecule has 0 spiro atoms. The molecule has 146 valence electrons. The van der Waals surface area contributed by atoms with Crippen LogP contribution in [-0.2, 0) is 9.59 Å². The van der Waals surface area contributed by atoms with Gasteiger partial charge in [0, 0.05) is 22.6 Å². The van der Waals surface area contributed by atoms with Crippen LogP contribution in [0.4, 0.5) is 5.69 Å². The highest BCUT2D eigenvalue weighted by atomic mass is 35.5. The van der Waals surface area contributed by atoms with Crippen molar-refractivity contribution in [3.05, 3.63) is 23.2 Å². The predicted octanol–water partition coefficient (Wildman–Crippen LogP) is 3.69. The van der Waals surface area contributed by atoms with Crippen molar-refractivity contribution in [2.75, 3.05) is 12.4 Å². The first-order valence-corrected chi connectivity index (χ1v) is 9.59. The molecule has 1 aromatic rings. The number of amides is 2. The molecule has 1 atom stereocenters. The second-order valence-corrected chi connectivity index (χ2v) is 8.66. The summed E-state index contributed by atoms with van der Waals surface area (Å²) in [6.07, 6.45) is -0.00679. The maximum atomic E-state index is 12.3. The highest BCUT2D eigenvalue weighted by Crippen LogP contribution is 2.29. The van der Waals surface area contributed by atoms with Gasteiger partial charge in [0.1, 0.15) is 11.0 Å². The van der Waals surface area contributed by atoms with E-state index in [0.29, 0.717) is 21.6 Å². The van der Waals surface area contributed by atoms with E-state index in [1.54, 1.807) is 18.2 Å². The summed E-state index contributed by atoms with van der Waals surface area (Å²) in [7, 11) is 1.50. The first-order valence-electron chi connectivity index (χ1n) is 8.34. The fourth-order valence-electron chi connectivity index (χ4n) is 2.00. The van der Waals surface area contributed by atoms with Crippen LogP contribution in [0.15, 0.2) is 28.4 Å². The number of rotatable bonds is 5. The summed E-state index contributed by atoms with van der Waals surface area (Å²) in [6, 6.07) is 4.92. The lowest BCUT2D eigenvalue weighted by Gasteiger charge is -2.16. The van der Waals surface area contributed by atoms with Crippen LogP contribution in [0.25, 0.3) is 0 Å². The monoisotopic (exact) mass is 410 g/mol. The maximum Gasteiger partial charge on any atom is 0.240 e. The number of carbonyl (C=O) groups is 2. The molecule has 0 saturated carbocycles. The summed E-state index contributed by atoms with van der Waals surface area (Å²) in [6.45, 7) is 7.98. The topological polar surface area (TPSA) is 92.2 Å². The number of thioether (sulfide) groups is 1. The van der Waals surface area contributed by atoms with Gasteiger partial charge in [-0.05, 0) is 25.1 Å². The zero-order valence-electron chi connectivity index (χ0n) is 15.9. The van der Waals surface area contributed by atoms with E-state index in [-0.39, 0.29) is 23.7 Å². The zero-order chi connectivity index (χ0) is 20.2. The van der Waals surface area contributed by atoms with E-state index in [1.165, 1.54) is 18.9 Å². The number of benzene rings is 1. The average Bonchev–Trinajstić information content (AvgIpc) is 2.91. The number of hydrogen-bond donors (Lipinski definition) is 2. The molecule has 2 amide bonds. The van der Waals surface area contributed by atoms with Crippen molar-refractivity contribution in [2.24, 2.45) is 15.6 Å². The molecule has 7 nitrogen and oxygen atoms in total. The number of hydrogen-bond acceptors (Lipinski definition) is 6. The van der Waals surface area contributed by atoms with Crippen LogP contribution in [0.3, 0.4) is 0 Å². The van der Waals surface area contributed by atoms with Crippen LogP contribution in [0.5, 0.6) is 5.75 Å². The molecule has 1 aliphatic heterocycles. The SMILES string of the molecule is COc1ccc(Cl)cc1NC(=O)CC1S/C(=N\N=C(/C)C(C)(C)C)NC1=O. The number of halogens is 1. The maximum absolute atomic E-state index is 12.3. The Hall–Kier alpha value is -2.06. The minimum atomic E-state index is -0.570. The smallest absolute Gasteiger partial charge is 0.240 e. The van der Waals surface area contributed by atoms with Crippen LogP contribution in [0, 0.1) is 5.41 Å². The largest absolute Gasteiger partial charge is 0.495 e. The number of anilines is 1. The first-order chi connectivity index (χ1) is 12.6. The van der Waals surface area contributed by atoms with E-state index in [4.69, 9.17) is 16.3 Å². The Balaban J connectivity index is 2.01. The summed E-state index contributed by atoms with van der Waals surface area (Å²) in [5, 5.41) is 13.9. The predicted molar refractivity (Wildman–Crippen MR) is 111 cm³/mol. The van der Waals surface area contributed by atoms with Gasteiger partial charge in [0.25, 0.3) is 0 Å². The molecule has 1 unspecified atom stereocenters. The van der Waals surface area contributed by atoms with E-state index in [2.05, 4.69) is 20.8 Å². The molecule has 1 aromatic carbocycles. The standard InChI is InChI=1S/C18H23ClN4O3S/c1-10(18(2,3)4)22-23-17-21-16(25)14(27-17)9-15(24)20-12-8-11(19)6-7-13(12)26-5/h6-8,14H,9H2,1-5H3,(H,20,24)(H,21,23,25)/b22-10+. The van der Waals surface area contributed by atoms with E-state index < -0.39 is 5.25 Å². The molecule has 1 heterocycles. The van der Waals surface area contributed by atoms with Gasteiger partial charge in [-0.25, -0.2) is 0 Å². The Bertz CT molecular complexity index is 802.